The van der Waals surface area contributed by atoms with Crippen molar-refractivity contribution in [2.45, 2.75) is 63.3 Å². The van der Waals surface area contributed by atoms with Crippen LogP contribution in [0.4, 0.5) is 0 Å². The van der Waals surface area contributed by atoms with Crippen molar-refractivity contribution >= 4 is 0 Å². The average molecular weight is 295 g/mol. The van der Waals surface area contributed by atoms with Crippen LogP contribution in [-0.4, -0.2) is 56.1 Å². The molecule has 0 saturated carbocycles. The van der Waals surface area contributed by atoms with Gasteiger partial charge in [0.25, 0.3) is 0 Å². The van der Waals surface area contributed by atoms with Crippen LogP contribution < -0.4 is 0 Å². The van der Waals surface area contributed by atoms with E-state index in [1.54, 1.807) is 0 Å². The van der Waals surface area contributed by atoms with Gasteiger partial charge in [-0.3, -0.25) is 4.90 Å². The Morgan fingerprint density at radius 2 is 1.95 bits per heavy atom. The molecule has 4 nitrogen and oxygen atoms in total. The Morgan fingerprint density at radius 3 is 2.67 bits per heavy atom. The van der Waals surface area contributed by atoms with E-state index in [0.29, 0.717) is 18.3 Å². The summed E-state index contributed by atoms with van der Waals surface area (Å²) in [5.41, 5.74) is 0. The third-order valence-electron chi connectivity index (χ3n) is 4.81. The first-order valence-corrected chi connectivity index (χ1v) is 8.66. The number of hydrogen-bond acceptors (Lipinski definition) is 4. The van der Waals surface area contributed by atoms with Crippen LogP contribution in [0.25, 0.3) is 0 Å². The molecular weight excluding hydrogens is 266 g/mol. The van der Waals surface area contributed by atoms with Crippen molar-refractivity contribution < 1.29 is 14.2 Å². The van der Waals surface area contributed by atoms with Crippen LogP contribution in [0.2, 0.25) is 0 Å². The zero-order valence-electron chi connectivity index (χ0n) is 13.0. The number of hydrogen-bond donors (Lipinski definition) is 0. The van der Waals surface area contributed by atoms with E-state index in [2.05, 4.69) is 11.0 Å². The van der Waals surface area contributed by atoms with Crippen LogP contribution in [0.1, 0.15) is 44.9 Å². The Morgan fingerprint density at radius 1 is 1.05 bits per heavy atom. The highest BCUT2D eigenvalue weighted by atomic mass is 16.5. The minimum Gasteiger partial charge on any atom is -0.497 e. The lowest BCUT2D eigenvalue weighted by molar-refractivity contribution is -0.0767. The number of likely N-dealkylation sites (tertiary alicyclic amines) is 1. The molecule has 2 fully saturated rings. The number of nitrogens with zero attached hydrogens (tertiary/aromatic N) is 1. The average Bonchev–Trinajstić information content (AvgIpc) is 2.56. The number of rotatable bonds is 5. The van der Waals surface area contributed by atoms with E-state index in [-0.39, 0.29) is 0 Å². The van der Waals surface area contributed by atoms with Gasteiger partial charge < -0.3 is 14.2 Å². The fourth-order valence-electron chi connectivity index (χ4n) is 3.45. The van der Waals surface area contributed by atoms with Gasteiger partial charge in [0.05, 0.1) is 25.1 Å². The minimum absolute atomic E-state index is 0.346. The molecule has 21 heavy (non-hydrogen) atoms. The van der Waals surface area contributed by atoms with Gasteiger partial charge in [0.1, 0.15) is 6.10 Å². The number of piperidine rings is 1. The van der Waals surface area contributed by atoms with Gasteiger partial charge in [-0.15, -0.1) is 0 Å². The summed E-state index contributed by atoms with van der Waals surface area (Å²) in [7, 11) is 0. The molecular formula is C17H29NO3. The summed E-state index contributed by atoms with van der Waals surface area (Å²) in [5, 5.41) is 0. The highest BCUT2D eigenvalue weighted by molar-refractivity contribution is 4.84. The topological polar surface area (TPSA) is 30.9 Å². The summed E-state index contributed by atoms with van der Waals surface area (Å²) in [6.45, 7) is 5.06. The predicted octanol–water partition coefficient (Wildman–Crippen LogP) is 2.73. The summed E-state index contributed by atoms with van der Waals surface area (Å²) >= 11 is 0. The molecule has 0 aliphatic carbocycles. The van der Waals surface area contributed by atoms with Crippen LogP contribution in [0.3, 0.4) is 0 Å². The summed E-state index contributed by atoms with van der Waals surface area (Å²) in [6.07, 6.45) is 13.4. The molecule has 120 valence electrons. The van der Waals surface area contributed by atoms with E-state index >= 15 is 0 Å². The quantitative estimate of drug-likeness (QED) is 0.780. The molecule has 0 bridgehead atoms. The van der Waals surface area contributed by atoms with E-state index in [4.69, 9.17) is 14.2 Å². The van der Waals surface area contributed by atoms with Crippen molar-refractivity contribution in [3.63, 3.8) is 0 Å². The first-order valence-electron chi connectivity index (χ1n) is 8.66. The van der Waals surface area contributed by atoms with Crippen LogP contribution in [0.5, 0.6) is 0 Å². The molecule has 2 atom stereocenters. The molecule has 0 aromatic heterocycles. The SMILES string of the molecule is C1=CO[C@H](CN2CCC(OC[C@H]3CCCCO3)CC2)CC1. The van der Waals surface area contributed by atoms with E-state index in [1.807, 2.05) is 6.26 Å². The molecule has 2 saturated heterocycles. The Balaban J connectivity index is 1.30. The fraction of sp³-hybridized carbons (Fsp3) is 0.882. The molecule has 0 N–H and O–H groups in total. The van der Waals surface area contributed by atoms with Crippen molar-refractivity contribution in [2.24, 2.45) is 0 Å². The normalized spacial score (nSPS) is 32.0. The lowest BCUT2D eigenvalue weighted by atomic mass is 10.1. The predicted molar refractivity (Wildman–Crippen MR) is 82.3 cm³/mol. The van der Waals surface area contributed by atoms with Crippen LogP contribution in [0.15, 0.2) is 12.3 Å². The molecule has 4 heteroatoms. The Hall–Kier alpha value is -0.580. The molecule has 0 spiro atoms. The summed E-state index contributed by atoms with van der Waals surface area (Å²) in [6, 6.07) is 0. The van der Waals surface area contributed by atoms with Gasteiger partial charge in [-0.1, -0.05) is 0 Å². The Kier molecular flexibility index (Phi) is 5.95. The monoisotopic (exact) mass is 295 g/mol. The molecule has 3 aliphatic rings. The van der Waals surface area contributed by atoms with Gasteiger partial charge in [-0.05, 0) is 51.0 Å². The lowest BCUT2D eigenvalue weighted by Crippen LogP contribution is -2.42. The second-order valence-corrected chi connectivity index (χ2v) is 6.53. The van der Waals surface area contributed by atoms with Crippen molar-refractivity contribution in [2.75, 3.05) is 32.8 Å². The summed E-state index contributed by atoms with van der Waals surface area (Å²) in [4.78, 5) is 2.53. The molecule has 0 unspecified atom stereocenters. The summed E-state index contributed by atoms with van der Waals surface area (Å²) < 4.78 is 17.5. The fourth-order valence-corrected chi connectivity index (χ4v) is 3.45. The number of ether oxygens (including phenoxy) is 3. The second-order valence-electron chi connectivity index (χ2n) is 6.53. The minimum atomic E-state index is 0.346. The molecule has 0 amide bonds. The van der Waals surface area contributed by atoms with Gasteiger partial charge in [0.2, 0.25) is 0 Å². The molecule has 0 aromatic carbocycles. The standard InChI is InChI=1S/C17H29NO3/c1-3-11-19-16(5-1)13-18-9-7-15(8-10-18)21-14-17-6-2-4-12-20-17/h3,11,15-17H,1-2,4-10,12-14H2/t16-,17+/m0/s1. The number of allylic oxidation sites excluding steroid dienone is 1. The lowest BCUT2D eigenvalue weighted by Gasteiger charge is -2.35. The highest BCUT2D eigenvalue weighted by Gasteiger charge is 2.24. The maximum Gasteiger partial charge on any atom is 0.111 e. The van der Waals surface area contributed by atoms with Crippen molar-refractivity contribution in [1.82, 2.24) is 4.90 Å². The smallest absolute Gasteiger partial charge is 0.111 e. The largest absolute Gasteiger partial charge is 0.497 e. The Labute approximate surface area is 128 Å². The third-order valence-corrected chi connectivity index (χ3v) is 4.81. The van der Waals surface area contributed by atoms with E-state index in [9.17, 15) is 0 Å². The van der Waals surface area contributed by atoms with Gasteiger partial charge in [0.15, 0.2) is 0 Å². The molecule has 3 heterocycles. The molecule has 3 aliphatic heterocycles. The second kappa shape index (κ2) is 8.16. The highest BCUT2D eigenvalue weighted by Crippen LogP contribution is 2.19. The first-order chi connectivity index (χ1) is 10.4. The van der Waals surface area contributed by atoms with Crippen LogP contribution >= 0.6 is 0 Å². The molecule has 0 aromatic rings. The van der Waals surface area contributed by atoms with Gasteiger partial charge in [-0.25, -0.2) is 0 Å². The maximum absolute atomic E-state index is 6.07. The summed E-state index contributed by atoms with van der Waals surface area (Å²) in [5.74, 6) is 0. The van der Waals surface area contributed by atoms with Crippen LogP contribution in [0, 0.1) is 0 Å². The molecule has 0 radical (unpaired) electrons. The van der Waals surface area contributed by atoms with E-state index in [1.165, 1.54) is 19.3 Å². The molecule has 3 rings (SSSR count). The van der Waals surface area contributed by atoms with E-state index in [0.717, 1.165) is 58.5 Å². The first kappa shape index (κ1) is 15.3. The maximum atomic E-state index is 6.07. The van der Waals surface area contributed by atoms with Crippen molar-refractivity contribution in [3.8, 4) is 0 Å². The van der Waals surface area contributed by atoms with Gasteiger partial charge in [-0.2, -0.15) is 0 Å². The van der Waals surface area contributed by atoms with E-state index < -0.39 is 0 Å². The zero-order chi connectivity index (χ0) is 14.3. The zero-order valence-corrected chi connectivity index (χ0v) is 13.0. The van der Waals surface area contributed by atoms with Gasteiger partial charge in [0, 0.05) is 26.2 Å². The van der Waals surface area contributed by atoms with Gasteiger partial charge >= 0.3 is 0 Å². The third kappa shape index (κ3) is 4.97. The van der Waals surface area contributed by atoms with Crippen LogP contribution in [-0.2, 0) is 14.2 Å². The Bertz CT molecular complexity index is 320. The van der Waals surface area contributed by atoms with Crippen molar-refractivity contribution in [1.29, 1.82) is 0 Å². The van der Waals surface area contributed by atoms with Crippen molar-refractivity contribution in [3.05, 3.63) is 12.3 Å².